The predicted molar refractivity (Wildman–Crippen MR) is 230 cm³/mol. The lowest BCUT2D eigenvalue weighted by atomic mass is 9.87. The van der Waals surface area contributed by atoms with Gasteiger partial charge in [-0.25, -0.2) is 0 Å². The van der Waals surface area contributed by atoms with Crippen molar-refractivity contribution in [2.45, 2.75) is 213 Å². The molecule has 1 N–H and O–H groups in total. The molecule has 1 atom stereocenters. The van der Waals surface area contributed by atoms with Gasteiger partial charge in [0.25, 0.3) is 5.91 Å². The van der Waals surface area contributed by atoms with E-state index in [9.17, 15) is 9.59 Å². The van der Waals surface area contributed by atoms with Crippen molar-refractivity contribution in [3.8, 4) is 0 Å². The van der Waals surface area contributed by atoms with Gasteiger partial charge in [-0.3, -0.25) is 9.59 Å². The summed E-state index contributed by atoms with van der Waals surface area (Å²) >= 11 is 0. The lowest BCUT2D eigenvalue weighted by molar-refractivity contribution is -0.174. The third kappa shape index (κ3) is 27.1. The van der Waals surface area contributed by atoms with E-state index in [2.05, 4.69) is 86.6 Å². The van der Waals surface area contributed by atoms with Crippen LogP contribution in [-0.4, -0.2) is 49.1 Å². The van der Waals surface area contributed by atoms with Gasteiger partial charge in [0.15, 0.2) is 5.60 Å². The van der Waals surface area contributed by atoms with Gasteiger partial charge >= 0.3 is 5.97 Å². The summed E-state index contributed by atoms with van der Waals surface area (Å²) in [5.74, 6) is -0.356. The van der Waals surface area contributed by atoms with E-state index in [1.807, 2.05) is 0 Å². The first-order valence-corrected chi connectivity index (χ1v) is 22.8. The Morgan fingerprint density at radius 3 is 1.42 bits per heavy atom. The maximum Gasteiger partial charge on any atom is 0.311 e. The number of unbranched alkanes of at least 4 members (excludes halogenated alkanes) is 19. The van der Waals surface area contributed by atoms with Gasteiger partial charge in [-0.15, -0.1) is 0 Å². The molecule has 5 heteroatoms. The minimum absolute atomic E-state index is 0.0594. The highest BCUT2D eigenvalue weighted by Gasteiger charge is 2.43. The van der Waals surface area contributed by atoms with Crippen LogP contribution < -0.4 is 5.32 Å². The van der Waals surface area contributed by atoms with E-state index in [4.69, 9.17) is 4.74 Å². The molecule has 1 aliphatic rings. The molecule has 0 saturated carbocycles. The Labute approximate surface area is 329 Å². The van der Waals surface area contributed by atoms with Crippen LogP contribution in [0.5, 0.6) is 0 Å². The Kier molecular flexibility index (Phi) is 32.8. The summed E-state index contributed by atoms with van der Waals surface area (Å²) in [6.07, 6.45) is 51.1. The Bertz CT molecular complexity index is 935. The molecule has 1 rings (SSSR count). The van der Waals surface area contributed by atoms with Crippen molar-refractivity contribution < 1.29 is 14.3 Å². The van der Waals surface area contributed by atoms with Gasteiger partial charge in [-0.05, 0) is 116 Å². The Morgan fingerprint density at radius 2 is 1.00 bits per heavy atom. The maximum absolute atomic E-state index is 13.9. The Morgan fingerprint density at radius 1 is 0.585 bits per heavy atom. The Balaban J connectivity index is 2.55. The quantitative estimate of drug-likeness (QED) is 0.0395. The molecule has 306 valence electrons. The standard InChI is InChI=1S/C48H86N2O3/c1-5-8-11-13-15-17-19-21-23-25-27-29-31-33-35-37-40-48(47(52)49-42-10-7-3,53-46(51)45-39-43-50(4)44-45)41-38-36-34-32-30-28-26-24-22-20-18-16-14-12-9-6-2/h15-18,21-24,45H,5-14,19-20,25-44H2,1-4H3,(H,49,52)/b17-15-,18-16-,23-21-,24-22-. The van der Waals surface area contributed by atoms with E-state index in [0.29, 0.717) is 19.4 Å². The molecule has 1 saturated heterocycles. The molecule has 1 unspecified atom stereocenters. The van der Waals surface area contributed by atoms with Crippen LogP contribution in [-0.2, 0) is 14.3 Å². The van der Waals surface area contributed by atoms with Crippen LogP contribution >= 0.6 is 0 Å². The number of likely N-dealkylation sites (tertiary alicyclic amines) is 1. The maximum atomic E-state index is 13.9. The number of allylic oxidation sites excluding steroid dienone is 8. The number of esters is 1. The molecular formula is C48H86N2O3. The van der Waals surface area contributed by atoms with Crippen LogP contribution in [0.1, 0.15) is 207 Å². The number of carbonyl (C=O) groups is 2. The molecule has 1 aliphatic heterocycles. The number of ether oxygens (including phenoxy) is 1. The van der Waals surface area contributed by atoms with E-state index in [0.717, 1.165) is 83.7 Å². The van der Waals surface area contributed by atoms with Crippen LogP contribution in [0, 0.1) is 5.92 Å². The lowest BCUT2D eigenvalue weighted by Gasteiger charge is -2.33. The van der Waals surface area contributed by atoms with Crippen molar-refractivity contribution >= 4 is 11.9 Å². The summed E-state index contributed by atoms with van der Waals surface area (Å²) in [5.41, 5.74) is -1.05. The molecule has 1 heterocycles. The zero-order valence-electron chi connectivity index (χ0n) is 35.5. The number of rotatable bonds is 36. The molecule has 0 aromatic rings. The van der Waals surface area contributed by atoms with E-state index >= 15 is 0 Å². The van der Waals surface area contributed by atoms with Gasteiger partial charge in [0.05, 0.1) is 5.92 Å². The first-order chi connectivity index (χ1) is 26.0. The largest absolute Gasteiger partial charge is 0.449 e. The summed E-state index contributed by atoms with van der Waals surface area (Å²) in [6.45, 7) is 8.93. The van der Waals surface area contributed by atoms with Crippen LogP contribution in [0.15, 0.2) is 48.6 Å². The number of amides is 1. The van der Waals surface area contributed by atoms with Crippen LogP contribution in [0.4, 0.5) is 0 Å². The van der Waals surface area contributed by atoms with Gasteiger partial charge < -0.3 is 15.0 Å². The van der Waals surface area contributed by atoms with E-state index in [-0.39, 0.29) is 17.8 Å². The van der Waals surface area contributed by atoms with E-state index < -0.39 is 5.60 Å². The number of hydrogen-bond acceptors (Lipinski definition) is 4. The lowest BCUT2D eigenvalue weighted by Crippen LogP contribution is -2.51. The second kappa shape index (κ2) is 35.6. The van der Waals surface area contributed by atoms with Gasteiger partial charge in [0.2, 0.25) is 0 Å². The molecule has 1 amide bonds. The molecule has 1 fully saturated rings. The first kappa shape index (κ1) is 48.9. The zero-order chi connectivity index (χ0) is 38.5. The second-order valence-corrected chi connectivity index (χ2v) is 15.9. The average Bonchev–Trinajstić information content (AvgIpc) is 3.60. The van der Waals surface area contributed by atoms with E-state index in [1.165, 1.54) is 103 Å². The molecule has 0 radical (unpaired) electrons. The smallest absolute Gasteiger partial charge is 0.311 e. The molecule has 0 aromatic carbocycles. The summed E-state index contributed by atoms with van der Waals surface area (Å²) in [4.78, 5) is 29.6. The second-order valence-electron chi connectivity index (χ2n) is 15.9. The third-order valence-corrected chi connectivity index (χ3v) is 10.8. The van der Waals surface area contributed by atoms with Gasteiger partial charge in [-0.1, -0.05) is 153 Å². The summed E-state index contributed by atoms with van der Waals surface area (Å²) in [6, 6.07) is 0. The fourth-order valence-electron chi connectivity index (χ4n) is 7.24. The minimum Gasteiger partial charge on any atom is -0.449 e. The number of nitrogens with one attached hydrogen (secondary N) is 1. The van der Waals surface area contributed by atoms with Crippen molar-refractivity contribution in [1.82, 2.24) is 10.2 Å². The third-order valence-electron chi connectivity index (χ3n) is 10.8. The average molecular weight is 739 g/mol. The first-order valence-electron chi connectivity index (χ1n) is 22.8. The topological polar surface area (TPSA) is 58.6 Å². The highest BCUT2D eigenvalue weighted by atomic mass is 16.6. The predicted octanol–water partition coefficient (Wildman–Crippen LogP) is 13.5. The fourth-order valence-corrected chi connectivity index (χ4v) is 7.24. The van der Waals surface area contributed by atoms with E-state index in [1.54, 1.807) is 0 Å². The fraction of sp³-hybridized carbons (Fsp3) is 0.792. The van der Waals surface area contributed by atoms with Crippen LogP contribution in [0.2, 0.25) is 0 Å². The van der Waals surface area contributed by atoms with Crippen LogP contribution in [0.3, 0.4) is 0 Å². The van der Waals surface area contributed by atoms with Crippen molar-refractivity contribution in [2.75, 3.05) is 26.7 Å². The summed E-state index contributed by atoms with van der Waals surface area (Å²) < 4.78 is 6.41. The molecule has 0 bridgehead atoms. The number of carbonyl (C=O) groups excluding carboxylic acids is 2. The van der Waals surface area contributed by atoms with Gasteiger partial charge in [-0.2, -0.15) is 0 Å². The highest BCUT2D eigenvalue weighted by Crippen LogP contribution is 2.31. The molecule has 53 heavy (non-hydrogen) atoms. The zero-order valence-corrected chi connectivity index (χ0v) is 35.5. The molecule has 0 spiro atoms. The number of hydrogen-bond donors (Lipinski definition) is 1. The molecule has 0 aromatic heterocycles. The summed E-state index contributed by atoms with van der Waals surface area (Å²) in [7, 11) is 2.06. The SMILES string of the molecule is CCCCC/C=C\C/C=C\CCCCCCCCC(CCCCCCCC/C=C\C/C=C\CCCCC)(OC(=O)C1CCN(C)C1)C(=O)NCCCC. The number of nitrogens with zero attached hydrogens (tertiary/aromatic N) is 1. The normalized spacial score (nSPS) is 15.6. The van der Waals surface area contributed by atoms with Crippen molar-refractivity contribution in [3.63, 3.8) is 0 Å². The molecular weight excluding hydrogens is 653 g/mol. The monoisotopic (exact) mass is 739 g/mol. The van der Waals surface area contributed by atoms with Crippen molar-refractivity contribution in [2.24, 2.45) is 5.92 Å². The minimum atomic E-state index is -1.05. The summed E-state index contributed by atoms with van der Waals surface area (Å²) in [5, 5.41) is 3.19. The Hall–Kier alpha value is -2.14. The highest BCUT2D eigenvalue weighted by molar-refractivity contribution is 5.88. The van der Waals surface area contributed by atoms with Crippen LogP contribution in [0.25, 0.3) is 0 Å². The molecule has 0 aliphatic carbocycles. The van der Waals surface area contributed by atoms with Gasteiger partial charge in [0, 0.05) is 13.1 Å². The van der Waals surface area contributed by atoms with Crippen molar-refractivity contribution in [3.05, 3.63) is 48.6 Å². The van der Waals surface area contributed by atoms with Crippen molar-refractivity contribution in [1.29, 1.82) is 0 Å². The molecule has 5 nitrogen and oxygen atoms in total. The van der Waals surface area contributed by atoms with Gasteiger partial charge in [0.1, 0.15) is 0 Å².